The van der Waals surface area contributed by atoms with E-state index in [0.29, 0.717) is 11.5 Å². The van der Waals surface area contributed by atoms with Crippen LogP contribution in [0.5, 0.6) is 11.5 Å². The summed E-state index contributed by atoms with van der Waals surface area (Å²) in [6.07, 6.45) is 0. The summed E-state index contributed by atoms with van der Waals surface area (Å²) in [5.74, 6) is 0.746. The van der Waals surface area contributed by atoms with Crippen molar-refractivity contribution >= 4 is 21.5 Å². The zero-order valence-corrected chi connectivity index (χ0v) is 13.4. The number of hydrogen-bond donors (Lipinski definition) is 2. The van der Waals surface area contributed by atoms with Gasteiger partial charge < -0.3 is 10.2 Å². The van der Waals surface area contributed by atoms with E-state index in [0.717, 1.165) is 21.5 Å². The van der Waals surface area contributed by atoms with Gasteiger partial charge in [0.15, 0.2) is 0 Å². The topological polar surface area (TPSA) is 40.5 Å². The van der Waals surface area contributed by atoms with E-state index in [-0.39, 0.29) is 5.92 Å². The van der Waals surface area contributed by atoms with Crippen LogP contribution in [0.4, 0.5) is 0 Å². The molecule has 0 spiro atoms. The fourth-order valence-corrected chi connectivity index (χ4v) is 3.54. The van der Waals surface area contributed by atoms with Gasteiger partial charge in [0.05, 0.1) is 0 Å². The molecule has 0 fully saturated rings. The highest BCUT2D eigenvalue weighted by atomic mass is 16.3. The summed E-state index contributed by atoms with van der Waals surface area (Å²) in [7, 11) is 0. The molecule has 0 radical (unpaired) electrons. The van der Waals surface area contributed by atoms with Crippen LogP contribution in [-0.4, -0.2) is 10.2 Å². The van der Waals surface area contributed by atoms with Crippen LogP contribution < -0.4 is 0 Å². The molecule has 4 aromatic rings. The molecule has 0 atom stereocenters. The molecular weight excluding hydrogens is 296 g/mol. The Balaban J connectivity index is 1.97. The Labute approximate surface area is 140 Å². The van der Waals surface area contributed by atoms with Gasteiger partial charge >= 0.3 is 0 Å². The Morgan fingerprint density at radius 2 is 0.917 bits per heavy atom. The molecule has 24 heavy (non-hydrogen) atoms. The monoisotopic (exact) mass is 314 g/mol. The van der Waals surface area contributed by atoms with E-state index in [1.54, 1.807) is 12.1 Å². The second-order valence-corrected chi connectivity index (χ2v) is 6.16. The molecule has 0 amide bonds. The lowest BCUT2D eigenvalue weighted by Crippen LogP contribution is -1.98. The maximum absolute atomic E-state index is 10.1. The number of benzene rings is 4. The molecule has 0 saturated carbocycles. The lowest BCUT2D eigenvalue weighted by molar-refractivity contribution is 0.481. The third kappa shape index (κ3) is 2.19. The van der Waals surface area contributed by atoms with Gasteiger partial charge in [-0.25, -0.2) is 0 Å². The Morgan fingerprint density at radius 3 is 1.33 bits per heavy atom. The number of aromatic hydroxyl groups is 2. The van der Waals surface area contributed by atoms with Crippen molar-refractivity contribution < 1.29 is 10.2 Å². The van der Waals surface area contributed by atoms with Crippen LogP contribution in [-0.2, 0) is 0 Å². The Bertz CT molecular complexity index is 965. The predicted octanol–water partition coefficient (Wildman–Crippen LogP) is 5.56. The van der Waals surface area contributed by atoms with E-state index in [1.807, 2.05) is 60.7 Å². The van der Waals surface area contributed by atoms with Crippen molar-refractivity contribution in [3.63, 3.8) is 0 Å². The van der Waals surface area contributed by atoms with Gasteiger partial charge in [-0.05, 0) is 34.0 Å². The molecular formula is C22H18O2. The average molecular weight is 314 g/mol. The predicted molar refractivity (Wildman–Crippen MR) is 98.7 cm³/mol. The molecule has 0 aliphatic heterocycles. The average Bonchev–Trinajstić information content (AvgIpc) is 2.62. The Kier molecular flexibility index (Phi) is 3.39. The minimum absolute atomic E-state index is 0.140. The maximum Gasteiger partial charge on any atom is 0.123 e. The number of hydrogen-bond acceptors (Lipinski definition) is 2. The van der Waals surface area contributed by atoms with Gasteiger partial charge in [0.1, 0.15) is 11.5 Å². The SMILES string of the molecule is CC(c1ccc(O)c2ccccc12)c1ccc(O)c2ccccc12. The van der Waals surface area contributed by atoms with Crippen LogP contribution in [0.25, 0.3) is 21.5 Å². The molecule has 0 bridgehead atoms. The lowest BCUT2D eigenvalue weighted by atomic mass is 9.86. The molecule has 0 aromatic heterocycles. The summed E-state index contributed by atoms with van der Waals surface area (Å²) in [6, 6.07) is 23.3. The zero-order chi connectivity index (χ0) is 16.7. The molecule has 0 unspecified atom stereocenters. The fraction of sp³-hybridized carbons (Fsp3) is 0.0909. The van der Waals surface area contributed by atoms with Crippen molar-refractivity contribution in [1.82, 2.24) is 0 Å². The van der Waals surface area contributed by atoms with E-state index < -0.39 is 0 Å². The molecule has 0 aliphatic carbocycles. The van der Waals surface area contributed by atoms with Gasteiger partial charge in [-0.15, -0.1) is 0 Å². The first kappa shape index (κ1) is 14.6. The molecule has 0 aliphatic rings. The number of fused-ring (bicyclic) bond motifs is 2. The maximum atomic E-state index is 10.1. The highest BCUT2D eigenvalue weighted by molar-refractivity contribution is 5.94. The minimum atomic E-state index is 0.140. The number of phenols is 2. The Morgan fingerprint density at radius 1 is 0.542 bits per heavy atom. The van der Waals surface area contributed by atoms with Gasteiger partial charge in [-0.3, -0.25) is 0 Å². The van der Waals surface area contributed by atoms with Gasteiger partial charge in [-0.2, -0.15) is 0 Å². The molecule has 118 valence electrons. The van der Waals surface area contributed by atoms with Crippen molar-refractivity contribution in [1.29, 1.82) is 0 Å². The van der Waals surface area contributed by atoms with Gasteiger partial charge in [0, 0.05) is 16.7 Å². The van der Waals surface area contributed by atoms with Gasteiger partial charge in [0.25, 0.3) is 0 Å². The smallest absolute Gasteiger partial charge is 0.123 e. The Hall–Kier alpha value is -3.00. The minimum Gasteiger partial charge on any atom is -0.507 e. The quantitative estimate of drug-likeness (QED) is 0.509. The molecule has 4 aromatic carbocycles. The van der Waals surface area contributed by atoms with Crippen molar-refractivity contribution in [3.05, 3.63) is 83.9 Å². The normalized spacial score (nSPS) is 11.4. The van der Waals surface area contributed by atoms with Crippen molar-refractivity contribution in [2.75, 3.05) is 0 Å². The van der Waals surface area contributed by atoms with Crippen LogP contribution >= 0.6 is 0 Å². The lowest BCUT2D eigenvalue weighted by Gasteiger charge is -2.18. The second-order valence-electron chi connectivity index (χ2n) is 6.16. The first-order valence-corrected chi connectivity index (χ1v) is 8.08. The molecule has 0 heterocycles. The van der Waals surface area contributed by atoms with Crippen molar-refractivity contribution in [2.24, 2.45) is 0 Å². The van der Waals surface area contributed by atoms with Crippen LogP contribution in [0.15, 0.2) is 72.8 Å². The van der Waals surface area contributed by atoms with Gasteiger partial charge in [-0.1, -0.05) is 67.6 Å². The molecule has 2 nitrogen and oxygen atoms in total. The fourth-order valence-electron chi connectivity index (χ4n) is 3.54. The zero-order valence-electron chi connectivity index (χ0n) is 13.4. The number of phenolic OH excluding ortho intramolecular Hbond substituents is 2. The van der Waals surface area contributed by atoms with Crippen LogP contribution in [0.2, 0.25) is 0 Å². The van der Waals surface area contributed by atoms with Crippen LogP contribution in [0.1, 0.15) is 24.0 Å². The molecule has 4 rings (SSSR count). The van der Waals surface area contributed by atoms with Crippen molar-refractivity contribution in [3.8, 4) is 11.5 Å². The molecule has 2 N–H and O–H groups in total. The van der Waals surface area contributed by atoms with E-state index in [2.05, 4.69) is 6.92 Å². The summed E-state index contributed by atoms with van der Waals surface area (Å²) in [4.78, 5) is 0. The third-order valence-electron chi connectivity index (χ3n) is 4.80. The summed E-state index contributed by atoms with van der Waals surface area (Å²) < 4.78 is 0. The second kappa shape index (κ2) is 5.57. The van der Waals surface area contributed by atoms with Crippen LogP contribution in [0, 0.1) is 0 Å². The standard InChI is InChI=1S/C22H18O2/c1-14(15-10-12-21(23)19-8-4-2-6-17(15)19)16-11-13-22(24)20-9-5-3-7-18(16)20/h2-14,23-24H,1H3. The summed E-state index contributed by atoms with van der Waals surface area (Å²) in [6.45, 7) is 2.16. The van der Waals surface area contributed by atoms with E-state index in [4.69, 9.17) is 0 Å². The molecule has 0 saturated heterocycles. The summed E-state index contributed by atoms with van der Waals surface area (Å²) in [5.41, 5.74) is 2.33. The highest BCUT2D eigenvalue weighted by Crippen LogP contribution is 2.38. The molecule has 2 heteroatoms. The number of rotatable bonds is 2. The first-order valence-electron chi connectivity index (χ1n) is 8.08. The van der Waals surface area contributed by atoms with Crippen molar-refractivity contribution in [2.45, 2.75) is 12.8 Å². The third-order valence-corrected chi connectivity index (χ3v) is 4.80. The summed E-state index contributed by atoms with van der Waals surface area (Å²) >= 11 is 0. The van der Waals surface area contributed by atoms with Crippen LogP contribution in [0.3, 0.4) is 0 Å². The van der Waals surface area contributed by atoms with E-state index in [9.17, 15) is 10.2 Å². The van der Waals surface area contributed by atoms with E-state index in [1.165, 1.54) is 11.1 Å². The summed E-state index contributed by atoms with van der Waals surface area (Å²) in [5, 5.41) is 24.1. The van der Waals surface area contributed by atoms with Gasteiger partial charge in [0.2, 0.25) is 0 Å². The first-order chi connectivity index (χ1) is 11.7. The largest absolute Gasteiger partial charge is 0.507 e. The van der Waals surface area contributed by atoms with E-state index >= 15 is 0 Å². The highest BCUT2D eigenvalue weighted by Gasteiger charge is 2.16.